The average molecular weight is 142 g/mol. The van der Waals surface area contributed by atoms with Gasteiger partial charge in [0.1, 0.15) is 5.82 Å². The number of aromatic nitrogens is 2. The van der Waals surface area contributed by atoms with Crippen LogP contribution in [0.1, 0.15) is 5.82 Å². The zero-order valence-corrected chi connectivity index (χ0v) is 6.70. The fraction of sp³-hybridized carbons (Fsp3) is 0.500. The normalized spacial score (nSPS) is 10.0. The monoisotopic (exact) mass is 142 g/mol. The van der Waals surface area contributed by atoms with Crippen molar-refractivity contribution in [3.05, 3.63) is 18.2 Å². The van der Waals surface area contributed by atoms with Crippen molar-refractivity contribution < 1.29 is 0 Å². The maximum atomic E-state index is 4.09. The predicted octanol–water partition coefficient (Wildman–Crippen LogP) is 1.07. The van der Waals surface area contributed by atoms with Crippen LogP contribution in [0.5, 0.6) is 0 Å². The molecule has 0 spiro atoms. The van der Waals surface area contributed by atoms with E-state index in [1.807, 2.05) is 19.3 Å². The minimum atomic E-state index is 1.05. The molecule has 1 aromatic heterocycles. The Morgan fingerprint density at radius 1 is 1.78 bits per heavy atom. The van der Waals surface area contributed by atoms with Gasteiger partial charge in [-0.2, -0.15) is 0 Å². The van der Waals surface area contributed by atoms with E-state index in [2.05, 4.69) is 18.8 Å². The van der Waals surface area contributed by atoms with Crippen LogP contribution in [-0.2, 0) is 6.54 Å². The van der Waals surface area contributed by atoms with E-state index in [-0.39, 0.29) is 0 Å². The highest BCUT2D eigenvalue weighted by atomic mass is 31.0. The molecule has 50 valence electrons. The molecule has 1 rings (SSSR count). The molecular formula is C6H11N2P. The van der Waals surface area contributed by atoms with Crippen LogP contribution < -0.4 is 0 Å². The Morgan fingerprint density at radius 2 is 2.56 bits per heavy atom. The maximum absolute atomic E-state index is 4.09. The lowest BCUT2D eigenvalue weighted by Gasteiger charge is -1.99. The third-order valence-corrected chi connectivity index (χ3v) is 1.55. The zero-order valence-electron chi connectivity index (χ0n) is 5.54. The number of rotatable bonds is 2. The second-order valence-corrected chi connectivity index (χ2v) is 2.53. The largest absolute Gasteiger partial charge is 0.335 e. The summed E-state index contributed by atoms with van der Waals surface area (Å²) in [5, 5.41) is 0. The van der Waals surface area contributed by atoms with Crippen molar-refractivity contribution in [2.24, 2.45) is 0 Å². The highest BCUT2D eigenvalue weighted by Crippen LogP contribution is 1.95. The first-order valence-corrected chi connectivity index (χ1v) is 3.84. The van der Waals surface area contributed by atoms with E-state index < -0.39 is 0 Å². The first-order chi connectivity index (χ1) is 4.34. The highest BCUT2D eigenvalue weighted by Gasteiger charge is 1.91. The van der Waals surface area contributed by atoms with Crippen LogP contribution in [0.15, 0.2) is 12.4 Å². The molecule has 9 heavy (non-hydrogen) atoms. The van der Waals surface area contributed by atoms with Gasteiger partial charge in [0.25, 0.3) is 0 Å². The van der Waals surface area contributed by atoms with Gasteiger partial charge < -0.3 is 4.57 Å². The fourth-order valence-corrected chi connectivity index (χ4v) is 1.06. The van der Waals surface area contributed by atoms with E-state index in [9.17, 15) is 0 Å². The minimum Gasteiger partial charge on any atom is -0.335 e. The maximum Gasteiger partial charge on any atom is 0.105 e. The summed E-state index contributed by atoms with van der Waals surface area (Å²) in [6.07, 6.45) is 4.92. The van der Waals surface area contributed by atoms with Gasteiger partial charge in [0, 0.05) is 18.9 Å². The van der Waals surface area contributed by atoms with Crippen molar-refractivity contribution in [2.75, 3.05) is 6.16 Å². The van der Waals surface area contributed by atoms with Crippen molar-refractivity contribution in [3.63, 3.8) is 0 Å². The Hall–Kier alpha value is -0.360. The topological polar surface area (TPSA) is 17.8 Å². The lowest BCUT2D eigenvalue weighted by Crippen LogP contribution is -1.98. The third-order valence-electron chi connectivity index (χ3n) is 1.29. The van der Waals surface area contributed by atoms with Gasteiger partial charge >= 0.3 is 0 Å². The van der Waals surface area contributed by atoms with Crippen molar-refractivity contribution in [1.29, 1.82) is 0 Å². The molecule has 0 fully saturated rings. The van der Waals surface area contributed by atoms with Gasteiger partial charge in [0.15, 0.2) is 0 Å². The summed E-state index contributed by atoms with van der Waals surface area (Å²) >= 11 is 0. The molecular weight excluding hydrogens is 131 g/mol. The van der Waals surface area contributed by atoms with E-state index in [0.29, 0.717) is 0 Å². The van der Waals surface area contributed by atoms with Crippen molar-refractivity contribution in [2.45, 2.75) is 13.5 Å². The highest BCUT2D eigenvalue weighted by molar-refractivity contribution is 7.16. The summed E-state index contributed by atoms with van der Waals surface area (Å²) < 4.78 is 2.13. The van der Waals surface area contributed by atoms with Gasteiger partial charge in [-0.05, 0) is 13.1 Å². The van der Waals surface area contributed by atoms with Crippen molar-refractivity contribution in [1.82, 2.24) is 9.55 Å². The molecule has 2 nitrogen and oxygen atoms in total. The number of imidazole rings is 1. The second-order valence-electron chi connectivity index (χ2n) is 1.96. The molecule has 0 aromatic carbocycles. The van der Waals surface area contributed by atoms with Crippen molar-refractivity contribution in [3.8, 4) is 0 Å². The van der Waals surface area contributed by atoms with Crippen LogP contribution in [0.2, 0.25) is 0 Å². The SMILES string of the molecule is Cc1nccn1CCP. The molecule has 1 aromatic rings. The summed E-state index contributed by atoms with van der Waals surface area (Å²) in [6.45, 7) is 3.07. The second kappa shape index (κ2) is 2.98. The van der Waals surface area contributed by atoms with E-state index in [1.54, 1.807) is 0 Å². The molecule has 0 N–H and O–H groups in total. The number of aryl methyl sites for hydroxylation is 2. The lowest BCUT2D eigenvalue weighted by molar-refractivity contribution is 0.738. The Kier molecular flexibility index (Phi) is 2.23. The number of nitrogens with zero attached hydrogens (tertiary/aromatic N) is 2. The molecule has 0 saturated carbocycles. The Bertz CT molecular complexity index is 183. The van der Waals surface area contributed by atoms with Crippen LogP contribution in [0.3, 0.4) is 0 Å². The summed E-state index contributed by atoms with van der Waals surface area (Å²) in [6, 6.07) is 0. The molecule has 0 aliphatic heterocycles. The van der Waals surface area contributed by atoms with Gasteiger partial charge in [0.2, 0.25) is 0 Å². The molecule has 0 radical (unpaired) electrons. The Labute approximate surface area is 57.5 Å². The van der Waals surface area contributed by atoms with Crippen LogP contribution in [0.4, 0.5) is 0 Å². The van der Waals surface area contributed by atoms with Gasteiger partial charge in [-0.1, -0.05) is 0 Å². The zero-order chi connectivity index (χ0) is 6.69. The molecule has 1 unspecified atom stereocenters. The van der Waals surface area contributed by atoms with Gasteiger partial charge in [-0.3, -0.25) is 0 Å². The first kappa shape index (κ1) is 6.76. The minimum absolute atomic E-state index is 1.05. The summed E-state index contributed by atoms with van der Waals surface area (Å²) in [5.41, 5.74) is 0. The predicted molar refractivity (Wildman–Crippen MR) is 41.5 cm³/mol. The third kappa shape index (κ3) is 1.52. The Balaban J connectivity index is 2.69. The van der Waals surface area contributed by atoms with Crippen LogP contribution >= 0.6 is 9.24 Å². The molecule has 1 atom stereocenters. The van der Waals surface area contributed by atoms with E-state index in [4.69, 9.17) is 0 Å². The standard InChI is InChI=1S/C6H11N2P/c1-6-7-2-3-8(6)4-5-9/h2-3H,4-5,9H2,1H3. The summed E-state index contributed by atoms with van der Waals surface area (Å²) in [4.78, 5) is 4.09. The molecule has 0 saturated heterocycles. The first-order valence-electron chi connectivity index (χ1n) is 3.02. The van der Waals surface area contributed by atoms with Crippen LogP contribution in [0.25, 0.3) is 0 Å². The van der Waals surface area contributed by atoms with Gasteiger partial charge in [-0.15, -0.1) is 9.24 Å². The van der Waals surface area contributed by atoms with Gasteiger partial charge in [-0.25, -0.2) is 4.98 Å². The fourth-order valence-electron chi connectivity index (χ4n) is 0.779. The quantitative estimate of drug-likeness (QED) is 0.565. The van der Waals surface area contributed by atoms with E-state index >= 15 is 0 Å². The Morgan fingerprint density at radius 3 is 3.00 bits per heavy atom. The van der Waals surface area contributed by atoms with Crippen LogP contribution in [0, 0.1) is 6.92 Å². The van der Waals surface area contributed by atoms with E-state index in [1.165, 1.54) is 0 Å². The molecule has 0 amide bonds. The molecule has 0 aliphatic rings. The number of hydrogen-bond acceptors (Lipinski definition) is 1. The summed E-state index contributed by atoms with van der Waals surface area (Å²) in [7, 11) is 2.70. The van der Waals surface area contributed by atoms with Crippen molar-refractivity contribution >= 4 is 9.24 Å². The summed E-state index contributed by atoms with van der Waals surface area (Å²) in [5.74, 6) is 1.09. The smallest absolute Gasteiger partial charge is 0.105 e. The molecule has 3 heteroatoms. The molecule has 1 heterocycles. The molecule has 0 bridgehead atoms. The average Bonchev–Trinajstić information content (AvgIpc) is 2.18. The lowest BCUT2D eigenvalue weighted by atomic mass is 10.6. The number of hydrogen-bond donors (Lipinski definition) is 0. The van der Waals surface area contributed by atoms with E-state index in [0.717, 1.165) is 18.5 Å². The molecule has 0 aliphatic carbocycles. The van der Waals surface area contributed by atoms with Gasteiger partial charge in [0.05, 0.1) is 0 Å². The van der Waals surface area contributed by atoms with Crippen LogP contribution in [-0.4, -0.2) is 15.7 Å².